The molecule has 2 aliphatic rings. The predicted molar refractivity (Wildman–Crippen MR) is 58.6 cm³/mol. The van der Waals surface area contributed by atoms with E-state index in [0.717, 1.165) is 25.9 Å². The van der Waals surface area contributed by atoms with Crippen LogP contribution in [0.5, 0.6) is 0 Å². The van der Waals surface area contributed by atoms with Gasteiger partial charge in [0.25, 0.3) is 0 Å². The lowest BCUT2D eigenvalue weighted by Gasteiger charge is -2.23. The second kappa shape index (κ2) is 4.39. The summed E-state index contributed by atoms with van der Waals surface area (Å²) in [7, 11) is -2.77. The molecule has 2 saturated heterocycles. The van der Waals surface area contributed by atoms with Crippen molar-refractivity contribution < 1.29 is 13.2 Å². The van der Waals surface area contributed by atoms with E-state index in [1.54, 1.807) is 0 Å². The Morgan fingerprint density at radius 2 is 2.20 bits per heavy atom. The minimum atomic E-state index is -2.77. The monoisotopic (exact) mass is 233 g/mol. The van der Waals surface area contributed by atoms with E-state index in [4.69, 9.17) is 4.74 Å². The van der Waals surface area contributed by atoms with Crippen molar-refractivity contribution in [3.63, 3.8) is 0 Å². The van der Waals surface area contributed by atoms with Gasteiger partial charge < -0.3 is 10.1 Å². The lowest BCUT2D eigenvalue weighted by atomic mass is 10.1. The summed E-state index contributed by atoms with van der Waals surface area (Å²) in [6.45, 7) is 2.93. The van der Waals surface area contributed by atoms with Crippen LogP contribution in [0, 0.1) is 0 Å². The lowest BCUT2D eigenvalue weighted by Crippen LogP contribution is -2.43. The molecular formula is C10H19NO3S. The molecule has 2 aliphatic heterocycles. The van der Waals surface area contributed by atoms with Gasteiger partial charge in [-0.1, -0.05) is 0 Å². The van der Waals surface area contributed by atoms with Crippen LogP contribution in [0.2, 0.25) is 0 Å². The van der Waals surface area contributed by atoms with Crippen LogP contribution in [0.4, 0.5) is 0 Å². The van der Waals surface area contributed by atoms with Crippen molar-refractivity contribution in [3.8, 4) is 0 Å². The normalized spacial score (nSPS) is 36.9. The quantitative estimate of drug-likeness (QED) is 0.763. The van der Waals surface area contributed by atoms with E-state index >= 15 is 0 Å². The number of ether oxygens (including phenoxy) is 1. The highest BCUT2D eigenvalue weighted by atomic mass is 32.2. The summed E-state index contributed by atoms with van der Waals surface area (Å²) in [6, 6.07) is 0.403. The molecule has 15 heavy (non-hydrogen) atoms. The summed E-state index contributed by atoms with van der Waals surface area (Å²) in [5.41, 5.74) is 0. The van der Waals surface area contributed by atoms with Gasteiger partial charge in [0.2, 0.25) is 0 Å². The maximum Gasteiger partial charge on any atom is 0.151 e. The van der Waals surface area contributed by atoms with Gasteiger partial charge in [-0.3, -0.25) is 0 Å². The van der Waals surface area contributed by atoms with Crippen molar-refractivity contribution in [1.29, 1.82) is 0 Å². The van der Waals surface area contributed by atoms with Gasteiger partial charge in [-0.15, -0.1) is 0 Å². The highest BCUT2D eigenvalue weighted by Crippen LogP contribution is 2.18. The number of rotatable bonds is 3. The minimum Gasteiger partial charge on any atom is -0.377 e. The van der Waals surface area contributed by atoms with E-state index in [1.165, 1.54) is 0 Å². The molecule has 88 valence electrons. The standard InChI is InChI=1S/C10H19NO3S/c1-8(10-3-2-5-14-10)11-9-4-6-15(12,13)7-9/h8-11H,2-7H2,1H3. The Hall–Kier alpha value is -0.130. The van der Waals surface area contributed by atoms with Crippen molar-refractivity contribution in [2.24, 2.45) is 0 Å². The highest BCUT2D eigenvalue weighted by Gasteiger charge is 2.31. The second-order valence-corrected chi connectivity index (χ2v) is 6.84. The smallest absolute Gasteiger partial charge is 0.151 e. The summed E-state index contributed by atoms with van der Waals surface area (Å²) < 4.78 is 28.1. The summed E-state index contributed by atoms with van der Waals surface area (Å²) in [5, 5.41) is 3.37. The van der Waals surface area contributed by atoms with Gasteiger partial charge in [0.15, 0.2) is 9.84 Å². The molecule has 0 aliphatic carbocycles. The molecule has 1 N–H and O–H groups in total. The third kappa shape index (κ3) is 2.92. The summed E-state index contributed by atoms with van der Waals surface area (Å²) in [4.78, 5) is 0. The molecule has 0 aromatic rings. The largest absolute Gasteiger partial charge is 0.377 e. The molecule has 0 aromatic heterocycles. The van der Waals surface area contributed by atoms with Crippen LogP contribution in [0.15, 0.2) is 0 Å². The molecule has 3 unspecified atom stereocenters. The lowest BCUT2D eigenvalue weighted by molar-refractivity contribution is 0.0807. The van der Waals surface area contributed by atoms with E-state index in [9.17, 15) is 8.42 Å². The Balaban J connectivity index is 1.82. The molecular weight excluding hydrogens is 214 g/mol. The molecule has 2 fully saturated rings. The third-order valence-electron chi connectivity index (χ3n) is 3.25. The van der Waals surface area contributed by atoms with Gasteiger partial charge in [-0.25, -0.2) is 8.42 Å². The average molecular weight is 233 g/mol. The van der Waals surface area contributed by atoms with Crippen molar-refractivity contribution in [1.82, 2.24) is 5.32 Å². The van der Waals surface area contributed by atoms with Gasteiger partial charge in [0.1, 0.15) is 0 Å². The predicted octanol–water partition coefficient (Wildman–Crippen LogP) is 0.331. The van der Waals surface area contributed by atoms with E-state index in [2.05, 4.69) is 12.2 Å². The Labute approximate surface area is 91.3 Å². The number of hydrogen-bond acceptors (Lipinski definition) is 4. The minimum absolute atomic E-state index is 0.134. The zero-order valence-electron chi connectivity index (χ0n) is 9.11. The summed E-state index contributed by atoms with van der Waals surface area (Å²) >= 11 is 0. The van der Waals surface area contributed by atoms with E-state index in [0.29, 0.717) is 11.5 Å². The second-order valence-electron chi connectivity index (χ2n) is 4.61. The van der Waals surface area contributed by atoms with Crippen molar-refractivity contribution in [2.75, 3.05) is 18.1 Å². The Morgan fingerprint density at radius 3 is 2.73 bits per heavy atom. The number of nitrogens with one attached hydrogen (secondary N) is 1. The van der Waals surface area contributed by atoms with Crippen molar-refractivity contribution in [2.45, 2.75) is 44.4 Å². The Kier molecular flexibility index (Phi) is 3.33. The highest BCUT2D eigenvalue weighted by molar-refractivity contribution is 7.91. The fourth-order valence-electron chi connectivity index (χ4n) is 2.40. The molecule has 4 nitrogen and oxygen atoms in total. The van der Waals surface area contributed by atoms with Crippen LogP contribution in [-0.2, 0) is 14.6 Å². The zero-order chi connectivity index (χ0) is 10.9. The molecule has 0 spiro atoms. The first-order valence-electron chi connectivity index (χ1n) is 5.65. The summed E-state index contributed by atoms with van der Waals surface area (Å²) in [5.74, 6) is 0.632. The first-order valence-corrected chi connectivity index (χ1v) is 7.47. The third-order valence-corrected chi connectivity index (χ3v) is 5.02. The SMILES string of the molecule is CC(NC1CCS(=O)(=O)C1)C1CCCO1. The van der Waals surface area contributed by atoms with E-state index in [-0.39, 0.29) is 18.2 Å². The molecule has 0 aromatic carbocycles. The maximum atomic E-state index is 11.3. The molecule has 2 heterocycles. The van der Waals surface area contributed by atoms with Gasteiger partial charge in [-0.05, 0) is 26.2 Å². The van der Waals surface area contributed by atoms with Crippen LogP contribution in [0.25, 0.3) is 0 Å². The van der Waals surface area contributed by atoms with Gasteiger partial charge in [0, 0.05) is 18.7 Å². The average Bonchev–Trinajstić information content (AvgIpc) is 2.74. The van der Waals surface area contributed by atoms with Crippen molar-refractivity contribution in [3.05, 3.63) is 0 Å². The molecule has 5 heteroatoms. The van der Waals surface area contributed by atoms with E-state index < -0.39 is 9.84 Å². The van der Waals surface area contributed by atoms with Crippen molar-refractivity contribution >= 4 is 9.84 Å². The zero-order valence-corrected chi connectivity index (χ0v) is 9.92. The first kappa shape index (κ1) is 11.4. The van der Waals surface area contributed by atoms with Gasteiger partial charge in [0.05, 0.1) is 17.6 Å². The van der Waals surface area contributed by atoms with E-state index in [1.807, 2.05) is 0 Å². The molecule has 0 bridgehead atoms. The van der Waals surface area contributed by atoms with Crippen LogP contribution in [0.3, 0.4) is 0 Å². The molecule has 3 atom stereocenters. The fraction of sp³-hybridized carbons (Fsp3) is 1.00. The molecule has 0 radical (unpaired) electrons. The fourth-order valence-corrected chi connectivity index (χ4v) is 4.09. The van der Waals surface area contributed by atoms with Gasteiger partial charge in [-0.2, -0.15) is 0 Å². The molecule has 0 saturated carbocycles. The maximum absolute atomic E-state index is 11.3. The first-order chi connectivity index (χ1) is 7.07. The van der Waals surface area contributed by atoms with Crippen LogP contribution in [0.1, 0.15) is 26.2 Å². The van der Waals surface area contributed by atoms with Gasteiger partial charge >= 0.3 is 0 Å². The molecule has 0 amide bonds. The molecule has 2 rings (SSSR count). The summed E-state index contributed by atoms with van der Waals surface area (Å²) in [6.07, 6.45) is 3.24. The number of hydrogen-bond donors (Lipinski definition) is 1. The van der Waals surface area contributed by atoms with Crippen LogP contribution < -0.4 is 5.32 Å². The van der Waals surface area contributed by atoms with Crippen LogP contribution >= 0.6 is 0 Å². The number of sulfone groups is 1. The Morgan fingerprint density at radius 1 is 1.40 bits per heavy atom. The topological polar surface area (TPSA) is 55.4 Å². The Bertz CT molecular complexity index is 309. The van der Waals surface area contributed by atoms with Crippen LogP contribution in [-0.4, -0.2) is 44.7 Å².